The van der Waals surface area contributed by atoms with E-state index >= 15 is 0 Å². The van der Waals surface area contributed by atoms with E-state index in [0.717, 1.165) is 49.9 Å². The first kappa shape index (κ1) is 16.8. The minimum Gasteiger partial charge on any atom is -0.379 e. The van der Waals surface area contributed by atoms with Crippen LogP contribution in [0.4, 0.5) is 5.82 Å². The summed E-state index contributed by atoms with van der Waals surface area (Å²) in [6.07, 6.45) is 10.4. The van der Waals surface area contributed by atoms with Crippen LogP contribution in [0.5, 0.6) is 0 Å². The van der Waals surface area contributed by atoms with Gasteiger partial charge >= 0.3 is 0 Å². The highest BCUT2D eigenvalue weighted by atomic mass is 16.5. The number of anilines is 1. The Morgan fingerprint density at radius 3 is 2.80 bits per heavy atom. The molecular weight excluding hydrogens is 314 g/mol. The average Bonchev–Trinajstić information content (AvgIpc) is 3.02. The van der Waals surface area contributed by atoms with Gasteiger partial charge in [0.2, 0.25) is 0 Å². The molecule has 1 N–H and O–H groups in total. The Bertz CT molecular complexity index is 701. The number of ether oxygens (including phenoxy) is 1. The molecule has 2 aliphatic rings. The van der Waals surface area contributed by atoms with Gasteiger partial charge in [0.05, 0.1) is 18.9 Å². The monoisotopic (exact) mass is 343 g/mol. The number of rotatable bonds is 5. The zero-order chi connectivity index (χ0) is 17.1. The normalized spacial score (nSPS) is 21.5. The lowest BCUT2D eigenvalue weighted by atomic mass is 9.73. The molecule has 1 saturated carbocycles. The van der Waals surface area contributed by atoms with Crippen LogP contribution in [-0.4, -0.2) is 58.9 Å². The maximum Gasteiger partial charge on any atom is 0.152 e. The standard InChI is InChI=1S/C19H29N5O/c1-16-13-17-18(20-7-8-24(17)22-16)21-14-19(5-3-2-4-6-19)15-23-9-11-25-12-10-23/h7-8,13H,2-6,9-12,14-15H2,1H3,(H,20,21). The fourth-order valence-corrected chi connectivity index (χ4v) is 4.38. The molecule has 6 nitrogen and oxygen atoms in total. The lowest BCUT2D eigenvalue weighted by Crippen LogP contribution is -2.47. The van der Waals surface area contributed by atoms with E-state index in [0.29, 0.717) is 5.41 Å². The van der Waals surface area contributed by atoms with E-state index in [9.17, 15) is 0 Å². The van der Waals surface area contributed by atoms with E-state index in [2.05, 4.69) is 26.4 Å². The molecule has 6 heteroatoms. The van der Waals surface area contributed by atoms with Gasteiger partial charge in [0.15, 0.2) is 5.82 Å². The van der Waals surface area contributed by atoms with Gasteiger partial charge in [0, 0.05) is 44.0 Å². The first-order valence-corrected chi connectivity index (χ1v) is 9.59. The molecule has 3 heterocycles. The third-order valence-corrected chi connectivity index (χ3v) is 5.72. The molecule has 136 valence electrons. The average molecular weight is 343 g/mol. The van der Waals surface area contributed by atoms with Gasteiger partial charge < -0.3 is 10.1 Å². The van der Waals surface area contributed by atoms with Crippen molar-refractivity contribution in [3.05, 3.63) is 24.2 Å². The summed E-state index contributed by atoms with van der Waals surface area (Å²) < 4.78 is 7.44. The number of hydrogen-bond acceptors (Lipinski definition) is 5. The van der Waals surface area contributed by atoms with Crippen molar-refractivity contribution in [2.75, 3.05) is 44.7 Å². The van der Waals surface area contributed by atoms with Crippen LogP contribution in [-0.2, 0) is 4.74 Å². The maximum absolute atomic E-state index is 5.52. The van der Waals surface area contributed by atoms with Crippen LogP contribution in [0.15, 0.2) is 18.5 Å². The van der Waals surface area contributed by atoms with E-state index < -0.39 is 0 Å². The van der Waals surface area contributed by atoms with E-state index in [1.165, 1.54) is 38.6 Å². The predicted molar refractivity (Wildman–Crippen MR) is 99.0 cm³/mol. The molecule has 4 rings (SSSR count). The quantitative estimate of drug-likeness (QED) is 0.905. The van der Waals surface area contributed by atoms with Gasteiger partial charge in [-0.2, -0.15) is 5.10 Å². The Morgan fingerprint density at radius 2 is 2.00 bits per heavy atom. The Morgan fingerprint density at radius 1 is 1.20 bits per heavy atom. The first-order valence-electron chi connectivity index (χ1n) is 9.59. The van der Waals surface area contributed by atoms with Crippen LogP contribution >= 0.6 is 0 Å². The number of nitrogens with zero attached hydrogens (tertiary/aromatic N) is 4. The molecule has 0 bridgehead atoms. The van der Waals surface area contributed by atoms with Crippen molar-refractivity contribution < 1.29 is 4.74 Å². The summed E-state index contributed by atoms with van der Waals surface area (Å²) in [5.74, 6) is 0.954. The number of hydrogen-bond donors (Lipinski definition) is 1. The summed E-state index contributed by atoms with van der Waals surface area (Å²) >= 11 is 0. The molecule has 2 fully saturated rings. The number of morpholine rings is 1. The van der Waals surface area contributed by atoms with Crippen LogP contribution in [0.2, 0.25) is 0 Å². The molecule has 2 aromatic heterocycles. The zero-order valence-electron chi connectivity index (χ0n) is 15.2. The topological polar surface area (TPSA) is 54.7 Å². The fraction of sp³-hybridized carbons (Fsp3) is 0.684. The molecule has 0 radical (unpaired) electrons. The third-order valence-electron chi connectivity index (χ3n) is 5.72. The van der Waals surface area contributed by atoms with Gasteiger partial charge in [-0.3, -0.25) is 4.90 Å². The molecule has 0 amide bonds. The van der Waals surface area contributed by atoms with Crippen molar-refractivity contribution in [3.8, 4) is 0 Å². The first-order chi connectivity index (χ1) is 12.2. The maximum atomic E-state index is 5.52. The largest absolute Gasteiger partial charge is 0.379 e. The SMILES string of the molecule is Cc1cc2c(NCC3(CN4CCOCC4)CCCCC3)nccn2n1. The van der Waals surface area contributed by atoms with Gasteiger partial charge in [-0.25, -0.2) is 9.50 Å². The van der Waals surface area contributed by atoms with Gasteiger partial charge in [-0.05, 0) is 25.8 Å². The molecule has 1 aliphatic heterocycles. The van der Waals surface area contributed by atoms with Crippen LogP contribution in [0.25, 0.3) is 5.52 Å². The summed E-state index contributed by atoms with van der Waals surface area (Å²) in [7, 11) is 0. The smallest absolute Gasteiger partial charge is 0.152 e. The number of fused-ring (bicyclic) bond motifs is 1. The minimum absolute atomic E-state index is 0.346. The van der Waals surface area contributed by atoms with E-state index in [1.54, 1.807) is 0 Å². The van der Waals surface area contributed by atoms with E-state index in [4.69, 9.17) is 4.74 Å². The molecule has 0 unspecified atom stereocenters. The molecule has 2 aromatic rings. The second-order valence-electron chi connectivity index (χ2n) is 7.69. The molecule has 25 heavy (non-hydrogen) atoms. The summed E-state index contributed by atoms with van der Waals surface area (Å²) in [6.45, 7) is 8.07. The second-order valence-corrected chi connectivity index (χ2v) is 7.69. The Labute approximate surface area is 149 Å². The fourth-order valence-electron chi connectivity index (χ4n) is 4.38. The zero-order valence-corrected chi connectivity index (χ0v) is 15.2. The number of aryl methyl sites for hydroxylation is 1. The van der Waals surface area contributed by atoms with Crippen LogP contribution in [0.3, 0.4) is 0 Å². The van der Waals surface area contributed by atoms with E-state index in [-0.39, 0.29) is 0 Å². The van der Waals surface area contributed by atoms with Gasteiger partial charge in [-0.1, -0.05) is 19.3 Å². The summed E-state index contributed by atoms with van der Waals surface area (Å²) in [5, 5.41) is 8.17. The molecular formula is C19H29N5O. The van der Waals surface area contributed by atoms with Gasteiger partial charge in [-0.15, -0.1) is 0 Å². The summed E-state index contributed by atoms with van der Waals surface area (Å²) in [6, 6.07) is 2.10. The number of aromatic nitrogens is 3. The van der Waals surface area contributed by atoms with Crippen molar-refractivity contribution in [2.24, 2.45) is 5.41 Å². The van der Waals surface area contributed by atoms with Crippen molar-refractivity contribution in [2.45, 2.75) is 39.0 Å². The Balaban J connectivity index is 1.49. The lowest BCUT2D eigenvalue weighted by Gasteiger charge is -2.42. The Kier molecular flexibility index (Phi) is 4.90. The van der Waals surface area contributed by atoms with Crippen molar-refractivity contribution in [3.63, 3.8) is 0 Å². The van der Waals surface area contributed by atoms with Crippen molar-refractivity contribution in [1.29, 1.82) is 0 Å². The lowest BCUT2D eigenvalue weighted by molar-refractivity contribution is 0.0102. The minimum atomic E-state index is 0.346. The highest BCUT2D eigenvalue weighted by Crippen LogP contribution is 2.37. The number of nitrogens with one attached hydrogen (secondary N) is 1. The molecule has 0 aromatic carbocycles. The van der Waals surface area contributed by atoms with Gasteiger partial charge in [0.1, 0.15) is 5.52 Å². The van der Waals surface area contributed by atoms with Crippen LogP contribution < -0.4 is 5.32 Å². The molecule has 0 spiro atoms. The van der Waals surface area contributed by atoms with Crippen molar-refractivity contribution in [1.82, 2.24) is 19.5 Å². The third kappa shape index (κ3) is 3.80. The summed E-state index contributed by atoms with van der Waals surface area (Å²) in [5.41, 5.74) is 2.44. The highest BCUT2D eigenvalue weighted by Gasteiger charge is 2.34. The predicted octanol–water partition coefficient (Wildman–Crippen LogP) is 2.73. The molecule has 1 saturated heterocycles. The summed E-state index contributed by atoms with van der Waals surface area (Å²) in [4.78, 5) is 7.17. The molecule has 1 aliphatic carbocycles. The van der Waals surface area contributed by atoms with Crippen molar-refractivity contribution >= 4 is 11.3 Å². The van der Waals surface area contributed by atoms with Gasteiger partial charge in [0.25, 0.3) is 0 Å². The second kappa shape index (κ2) is 7.30. The van der Waals surface area contributed by atoms with E-state index in [1.807, 2.05) is 23.8 Å². The highest BCUT2D eigenvalue weighted by molar-refractivity contribution is 5.67. The van der Waals surface area contributed by atoms with Crippen LogP contribution in [0, 0.1) is 12.3 Å². The molecule has 0 atom stereocenters. The van der Waals surface area contributed by atoms with Crippen LogP contribution in [0.1, 0.15) is 37.8 Å². The Hall–Kier alpha value is -1.66.